The number of nitrogens with zero attached hydrogens (tertiary/aromatic N) is 1. The fourth-order valence-electron chi connectivity index (χ4n) is 2.61. The number of benzene rings is 1. The Morgan fingerprint density at radius 2 is 1.84 bits per heavy atom. The number of hydrogen-bond donors (Lipinski definition) is 1. The van der Waals surface area contributed by atoms with E-state index in [4.69, 9.17) is 23.2 Å². The van der Waals surface area contributed by atoms with Gasteiger partial charge in [-0.25, -0.2) is 0 Å². The Kier molecular flexibility index (Phi) is 4.53. The van der Waals surface area contributed by atoms with Gasteiger partial charge in [0.1, 0.15) is 0 Å². The van der Waals surface area contributed by atoms with Crippen LogP contribution in [0.25, 0.3) is 0 Å². The second-order valence-corrected chi connectivity index (χ2v) is 5.83. The molecule has 2 rings (SSSR count). The van der Waals surface area contributed by atoms with Crippen molar-refractivity contribution in [3.8, 4) is 0 Å². The molecule has 19 heavy (non-hydrogen) atoms. The van der Waals surface area contributed by atoms with Crippen molar-refractivity contribution in [1.29, 1.82) is 0 Å². The number of rotatable bonds is 4. The number of nitro groups is 1. The van der Waals surface area contributed by atoms with Gasteiger partial charge in [0.05, 0.1) is 20.7 Å². The third kappa shape index (κ3) is 3.31. The number of non-ortho nitro benzene ring substituents is 1. The third-order valence-corrected chi connectivity index (χ3v) is 4.31. The SMILES string of the molecule is CC(Nc1c(Cl)cc([N+](=O)[O-])cc1Cl)C1CCCC1. The number of nitrogens with one attached hydrogen (secondary N) is 1. The van der Waals surface area contributed by atoms with Crippen LogP contribution in [0.2, 0.25) is 10.0 Å². The molecule has 1 aliphatic rings. The van der Waals surface area contributed by atoms with Crippen LogP contribution in [0.3, 0.4) is 0 Å². The first-order chi connectivity index (χ1) is 8.99. The molecule has 0 saturated heterocycles. The molecule has 0 spiro atoms. The van der Waals surface area contributed by atoms with Crippen molar-refractivity contribution >= 4 is 34.6 Å². The van der Waals surface area contributed by atoms with Crippen LogP contribution >= 0.6 is 23.2 Å². The highest BCUT2D eigenvalue weighted by Crippen LogP contribution is 2.37. The van der Waals surface area contributed by atoms with Crippen molar-refractivity contribution in [2.24, 2.45) is 5.92 Å². The van der Waals surface area contributed by atoms with E-state index >= 15 is 0 Å². The fourth-order valence-corrected chi connectivity index (χ4v) is 3.19. The molecule has 0 aliphatic heterocycles. The maximum absolute atomic E-state index is 10.7. The van der Waals surface area contributed by atoms with Gasteiger partial charge in [-0.15, -0.1) is 0 Å². The van der Waals surface area contributed by atoms with Crippen molar-refractivity contribution < 1.29 is 4.92 Å². The molecule has 4 nitrogen and oxygen atoms in total. The minimum absolute atomic E-state index is 0.0888. The van der Waals surface area contributed by atoms with Gasteiger partial charge in [0, 0.05) is 18.2 Å². The summed E-state index contributed by atoms with van der Waals surface area (Å²) in [5.41, 5.74) is 0.502. The predicted molar refractivity (Wildman–Crippen MR) is 78.2 cm³/mol. The summed E-state index contributed by atoms with van der Waals surface area (Å²) in [5.74, 6) is 0.613. The number of anilines is 1. The largest absolute Gasteiger partial charge is 0.380 e. The van der Waals surface area contributed by atoms with Gasteiger partial charge >= 0.3 is 0 Å². The fraction of sp³-hybridized carbons (Fsp3) is 0.538. The van der Waals surface area contributed by atoms with Gasteiger partial charge in [-0.05, 0) is 25.7 Å². The Balaban J connectivity index is 2.18. The average Bonchev–Trinajstić information content (AvgIpc) is 2.86. The van der Waals surface area contributed by atoms with Crippen LogP contribution in [-0.4, -0.2) is 11.0 Å². The van der Waals surface area contributed by atoms with E-state index in [-0.39, 0.29) is 11.7 Å². The first-order valence-corrected chi connectivity index (χ1v) is 7.14. The van der Waals surface area contributed by atoms with E-state index in [9.17, 15) is 10.1 Å². The molecule has 1 atom stereocenters. The summed E-state index contributed by atoms with van der Waals surface area (Å²) in [7, 11) is 0. The van der Waals surface area contributed by atoms with E-state index in [2.05, 4.69) is 12.2 Å². The molecule has 1 aliphatic carbocycles. The lowest BCUT2D eigenvalue weighted by molar-refractivity contribution is -0.384. The van der Waals surface area contributed by atoms with Gasteiger partial charge in [0.2, 0.25) is 0 Å². The summed E-state index contributed by atoms with van der Waals surface area (Å²) in [5, 5.41) is 14.6. The Morgan fingerprint density at radius 1 is 1.32 bits per heavy atom. The zero-order chi connectivity index (χ0) is 14.0. The Bertz CT molecular complexity index is 465. The van der Waals surface area contributed by atoms with Crippen LogP contribution in [0.15, 0.2) is 12.1 Å². The molecule has 0 radical (unpaired) electrons. The lowest BCUT2D eigenvalue weighted by Gasteiger charge is -2.22. The lowest BCUT2D eigenvalue weighted by atomic mass is 9.99. The summed E-state index contributed by atoms with van der Waals surface area (Å²) in [4.78, 5) is 10.2. The number of nitro benzene ring substituents is 1. The van der Waals surface area contributed by atoms with E-state index in [0.717, 1.165) is 0 Å². The summed E-state index contributed by atoms with van der Waals surface area (Å²) in [6.07, 6.45) is 4.93. The summed E-state index contributed by atoms with van der Waals surface area (Å²) < 4.78 is 0. The zero-order valence-corrected chi connectivity index (χ0v) is 12.2. The second-order valence-electron chi connectivity index (χ2n) is 5.02. The molecule has 1 fully saturated rings. The first-order valence-electron chi connectivity index (χ1n) is 6.39. The van der Waals surface area contributed by atoms with Crippen LogP contribution in [0, 0.1) is 16.0 Å². The van der Waals surface area contributed by atoms with E-state index in [0.29, 0.717) is 21.7 Å². The van der Waals surface area contributed by atoms with Crippen molar-refractivity contribution in [2.45, 2.75) is 38.6 Å². The van der Waals surface area contributed by atoms with Crippen LogP contribution in [0.4, 0.5) is 11.4 Å². The molecule has 1 aromatic carbocycles. The molecule has 0 amide bonds. The summed E-state index contributed by atoms with van der Waals surface area (Å²) >= 11 is 12.2. The normalized spacial score (nSPS) is 17.4. The summed E-state index contributed by atoms with van der Waals surface area (Å²) in [6.45, 7) is 2.10. The standard InChI is InChI=1S/C13H16Cl2N2O2/c1-8(9-4-2-3-5-9)16-13-11(14)6-10(17(18)19)7-12(13)15/h6-9,16H,2-5H2,1H3. The quantitative estimate of drug-likeness (QED) is 0.636. The molecule has 1 saturated carbocycles. The van der Waals surface area contributed by atoms with Crippen molar-refractivity contribution in [3.63, 3.8) is 0 Å². The molecule has 1 N–H and O–H groups in total. The number of halogens is 2. The summed E-state index contributed by atoms with van der Waals surface area (Å²) in [6, 6.07) is 2.92. The Labute approximate surface area is 122 Å². The van der Waals surface area contributed by atoms with Crippen molar-refractivity contribution in [3.05, 3.63) is 32.3 Å². The number of hydrogen-bond acceptors (Lipinski definition) is 3. The van der Waals surface area contributed by atoms with Gasteiger partial charge in [0.25, 0.3) is 5.69 Å². The smallest absolute Gasteiger partial charge is 0.272 e. The molecule has 1 aromatic rings. The van der Waals surface area contributed by atoms with Crippen LogP contribution < -0.4 is 5.32 Å². The van der Waals surface area contributed by atoms with E-state index in [1.165, 1.54) is 37.8 Å². The van der Waals surface area contributed by atoms with Crippen molar-refractivity contribution in [2.75, 3.05) is 5.32 Å². The molecular formula is C13H16Cl2N2O2. The highest BCUT2D eigenvalue weighted by molar-refractivity contribution is 6.39. The van der Waals surface area contributed by atoms with Gasteiger partial charge in [-0.3, -0.25) is 10.1 Å². The maximum Gasteiger partial charge on any atom is 0.272 e. The molecule has 104 valence electrons. The van der Waals surface area contributed by atoms with Gasteiger partial charge in [0.15, 0.2) is 0 Å². The molecule has 0 bridgehead atoms. The topological polar surface area (TPSA) is 55.2 Å². The molecule has 0 heterocycles. The van der Waals surface area contributed by atoms with E-state index in [1.54, 1.807) is 0 Å². The predicted octanol–water partition coefficient (Wildman–Crippen LogP) is 4.89. The maximum atomic E-state index is 10.7. The third-order valence-electron chi connectivity index (χ3n) is 3.72. The minimum atomic E-state index is -0.498. The Hall–Kier alpha value is -1.00. The van der Waals surface area contributed by atoms with Crippen LogP contribution in [0.5, 0.6) is 0 Å². The molecule has 6 heteroatoms. The zero-order valence-electron chi connectivity index (χ0n) is 10.7. The van der Waals surface area contributed by atoms with Crippen molar-refractivity contribution in [1.82, 2.24) is 0 Å². The lowest BCUT2D eigenvalue weighted by Crippen LogP contribution is -2.24. The minimum Gasteiger partial charge on any atom is -0.380 e. The monoisotopic (exact) mass is 302 g/mol. The molecule has 1 unspecified atom stereocenters. The van der Waals surface area contributed by atoms with Crippen LogP contribution in [-0.2, 0) is 0 Å². The second kappa shape index (κ2) is 5.97. The van der Waals surface area contributed by atoms with E-state index < -0.39 is 4.92 Å². The first kappa shape index (κ1) is 14.4. The van der Waals surface area contributed by atoms with Crippen LogP contribution in [0.1, 0.15) is 32.6 Å². The highest BCUT2D eigenvalue weighted by Gasteiger charge is 2.23. The highest BCUT2D eigenvalue weighted by atomic mass is 35.5. The average molecular weight is 303 g/mol. The van der Waals surface area contributed by atoms with Gasteiger partial charge < -0.3 is 5.32 Å². The van der Waals surface area contributed by atoms with E-state index in [1.807, 2.05) is 0 Å². The Morgan fingerprint density at radius 3 is 2.32 bits per heavy atom. The molecule has 0 aromatic heterocycles. The van der Waals surface area contributed by atoms with Gasteiger partial charge in [-0.2, -0.15) is 0 Å². The van der Waals surface area contributed by atoms with Gasteiger partial charge in [-0.1, -0.05) is 36.0 Å². The molecular weight excluding hydrogens is 287 g/mol.